The van der Waals surface area contributed by atoms with Gasteiger partial charge in [0.2, 0.25) is 5.91 Å². The highest BCUT2D eigenvalue weighted by molar-refractivity contribution is 5.78. The summed E-state index contributed by atoms with van der Waals surface area (Å²) >= 11 is 0. The maximum Gasteiger partial charge on any atom is 0.331 e. The average Bonchev–Trinajstić information content (AvgIpc) is 2.81. The lowest BCUT2D eigenvalue weighted by molar-refractivity contribution is -0.121. The van der Waals surface area contributed by atoms with E-state index in [9.17, 15) is 14.4 Å². The van der Waals surface area contributed by atoms with Gasteiger partial charge in [-0.25, -0.2) is 4.79 Å². The zero-order valence-corrected chi connectivity index (χ0v) is 19.7. The Labute approximate surface area is 194 Å². The zero-order valence-electron chi connectivity index (χ0n) is 19.7. The summed E-state index contributed by atoms with van der Waals surface area (Å²) in [6, 6.07) is 14.7. The van der Waals surface area contributed by atoms with Gasteiger partial charge in [-0.1, -0.05) is 38.1 Å². The van der Waals surface area contributed by atoms with E-state index in [1.807, 2.05) is 30.3 Å². The molecule has 0 aliphatic heterocycles. The molecule has 0 saturated carbocycles. The average molecular weight is 452 g/mol. The number of fused-ring (bicyclic) bond motifs is 1. The number of aromatic nitrogens is 2. The molecule has 0 fully saturated rings. The van der Waals surface area contributed by atoms with E-state index in [2.05, 4.69) is 19.2 Å². The van der Waals surface area contributed by atoms with Crippen LogP contribution in [0.2, 0.25) is 0 Å². The predicted octanol–water partition coefficient (Wildman–Crippen LogP) is 3.55. The van der Waals surface area contributed by atoms with E-state index < -0.39 is 0 Å². The number of nitrogens with one attached hydrogen (secondary N) is 1. The van der Waals surface area contributed by atoms with Gasteiger partial charge >= 0.3 is 5.69 Å². The minimum Gasteiger partial charge on any atom is -0.497 e. The Bertz CT molecular complexity index is 1210. The maximum absolute atomic E-state index is 13.3. The fraction of sp³-hybridized carbons (Fsp3) is 0.423. The number of carbonyl (C=O) groups excluding carboxylic acids is 1. The molecule has 3 aromatic rings. The molecule has 0 spiro atoms. The summed E-state index contributed by atoms with van der Waals surface area (Å²) in [5.41, 5.74) is 0.878. The zero-order chi connectivity index (χ0) is 23.8. The number of carbonyl (C=O) groups is 1. The number of methoxy groups -OCH3 is 1. The third-order valence-corrected chi connectivity index (χ3v) is 5.69. The highest BCUT2D eigenvalue weighted by atomic mass is 16.5. The third-order valence-electron chi connectivity index (χ3n) is 5.69. The van der Waals surface area contributed by atoms with Gasteiger partial charge in [0.25, 0.3) is 5.56 Å². The third kappa shape index (κ3) is 6.34. The summed E-state index contributed by atoms with van der Waals surface area (Å²) in [5, 5.41) is 3.43. The number of unbranched alkanes of at least 4 members (excludes halogenated alkanes) is 1. The van der Waals surface area contributed by atoms with Gasteiger partial charge < -0.3 is 10.1 Å². The monoisotopic (exact) mass is 451 g/mol. The fourth-order valence-corrected chi connectivity index (χ4v) is 3.82. The lowest BCUT2D eigenvalue weighted by Gasteiger charge is -2.15. The van der Waals surface area contributed by atoms with Gasteiger partial charge in [-0.05, 0) is 55.0 Å². The normalized spacial score (nSPS) is 11.2. The summed E-state index contributed by atoms with van der Waals surface area (Å²) in [6.45, 7) is 5.52. The molecule has 1 heterocycles. The van der Waals surface area contributed by atoms with Crippen molar-refractivity contribution in [2.75, 3.05) is 13.7 Å². The molecule has 3 rings (SSSR count). The minimum absolute atomic E-state index is 0.0111. The van der Waals surface area contributed by atoms with Crippen molar-refractivity contribution in [1.29, 1.82) is 0 Å². The standard InChI is InChI=1S/C26H33N3O4/c1-19(2)14-15-27-24(30)13-6-7-16-28-25(31)22-11-4-5-12-23(22)29(26(28)32)18-20-9-8-10-21(17-20)33-3/h4-5,8-12,17,19H,6-7,13-16,18H2,1-3H3,(H,27,30). The molecule has 33 heavy (non-hydrogen) atoms. The van der Waals surface area contributed by atoms with Crippen LogP contribution in [-0.2, 0) is 17.9 Å². The van der Waals surface area contributed by atoms with Gasteiger partial charge in [-0.2, -0.15) is 0 Å². The molecule has 0 unspecified atom stereocenters. The number of rotatable bonds is 11. The first-order chi connectivity index (χ1) is 15.9. The first kappa shape index (κ1) is 24.3. The smallest absolute Gasteiger partial charge is 0.331 e. The van der Waals surface area contributed by atoms with Crippen molar-refractivity contribution in [3.63, 3.8) is 0 Å². The topological polar surface area (TPSA) is 82.3 Å². The number of amides is 1. The first-order valence-corrected chi connectivity index (χ1v) is 11.5. The molecule has 7 nitrogen and oxygen atoms in total. The number of nitrogens with zero attached hydrogens (tertiary/aromatic N) is 2. The van der Waals surface area contributed by atoms with E-state index in [1.165, 1.54) is 4.57 Å². The molecule has 2 aromatic carbocycles. The Hall–Kier alpha value is -3.35. The van der Waals surface area contributed by atoms with Crippen LogP contribution >= 0.6 is 0 Å². The molecule has 176 valence electrons. The van der Waals surface area contributed by atoms with Gasteiger partial charge in [0.1, 0.15) is 5.75 Å². The second-order valence-electron chi connectivity index (χ2n) is 8.68. The Morgan fingerprint density at radius 2 is 1.82 bits per heavy atom. The van der Waals surface area contributed by atoms with Crippen molar-refractivity contribution < 1.29 is 9.53 Å². The fourth-order valence-electron chi connectivity index (χ4n) is 3.82. The van der Waals surface area contributed by atoms with E-state index in [1.54, 1.807) is 29.9 Å². The van der Waals surface area contributed by atoms with E-state index in [0.29, 0.717) is 54.9 Å². The van der Waals surface area contributed by atoms with Crippen LogP contribution in [0.15, 0.2) is 58.1 Å². The number of benzene rings is 2. The molecule has 1 amide bonds. The largest absolute Gasteiger partial charge is 0.497 e. The van der Waals surface area contributed by atoms with Gasteiger partial charge in [0, 0.05) is 19.5 Å². The number of hydrogen-bond donors (Lipinski definition) is 1. The van der Waals surface area contributed by atoms with Gasteiger partial charge in [0.15, 0.2) is 0 Å². The Balaban J connectivity index is 1.77. The minimum atomic E-state index is -0.345. The Morgan fingerprint density at radius 3 is 2.58 bits per heavy atom. The van der Waals surface area contributed by atoms with Crippen molar-refractivity contribution in [3.05, 3.63) is 74.9 Å². The number of para-hydroxylation sites is 1. The summed E-state index contributed by atoms with van der Waals surface area (Å²) in [6.07, 6.45) is 2.52. The van der Waals surface area contributed by atoms with Crippen molar-refractivity contribution in [1.82, 2.24) is 14.5 Å². The SMILES string of the molecule is COc1cccc(Cn2c(=O)n(CCCCC(=O)NCCC(C)C)c(=O)c3ccccc32)c1. The molecule has 0 atom stereocenters. The van der Waals surface area contributed by atoms with Crippen LogP contribution in [-0.4, -0.2) is 28.7 Å². The molecule has 0 aliphatic carbocycles. The molecule has 0 aliphatic rings. The van der Waals surface area contributed by atoms with Crippen molar-refractivity contribution in [3.8, 4) is 5.75 Å². The van der Waals surface area contributed by atoms with Crippen LogP contribution in [0.4, 0.5) is 0 Å². The first-order valence-electron chi connectivity index (χ1n) is 11.5. The molecule has 1 N–H and O–H groups in total. The lowest BCUT2D eigenvalue weighted by atomic mass is 10.1. The summed E-state index contributed by atoms with van der Waals surface area (Å²) in [4.78, 5) is 38.3. The highest BCUT2D eigenvalue weighted by Gasteiger charge is 2.13. The number of hydrogen-bond acceptors (Lipinski definition) is 4. The van der Waals surface area contributed by atoms with E-state index in [-0.39, 0.29) is 23.7 Å². The predicted molar refractivity (Wildman–Crippen MR) is 131 cm³/mol. The van der Waals surface area contributed by atoms with Crippen LogP contribution in [0.5, 0.6) is 5.75 Å². The Kier molecular flexibility index (Phi) is 8.46. The van der Waals surface area contributed by atoms with Crippen LogP contribution in [0.3, 0.4) is 0 Å². The summed E-state index contributed by atoms with van der Waals surface area (Å²) in [5.74, 6) is 1.27. The van der Waals surface area contributed by atoms with Crippen LogP contribution in [0, 0.1) is 5.92 Å². The van der Waals surface area contributed by atoms with Crippen LogP contribution < -0.4 is 21.3 Å². The molecule has 0 radical (unpaired) electrons. The van der Waals surface area contributed by atoms with Gasteiger partial charge in [-0.3, -0.25) is 18.7 Å². The highest BCUT2D eigenvalue weighted by Crippen LogP contribution is 2.15. The molecule has 1 aromatic heterocycles. The molecule has 0 saturated heterocycles. The van der Waals surface area contributed by atoms with Gasteiger partial charge in [-0.15, -0.1) is 0 Å². The molecule has 0 bridgehead atoms. The number of ether oxygens (including phenoxy) is 1. The van der Waals surface area contributed by atoms with E-state index in [4.69, 9.17) is 4.74 Å². The van der Waals surface area contributed by atoms with Crippen molar-refractivity contribution in [2.45, 2.75) is 52.6 Å². The lowest BCUT2D eigenvalue weighted by Crippen LogP contribution is -2.40. The van der Waals surface area contributed by atoms with Crippen molar-refractivity contribution in [2.24, 2.45) is 5.92 Å². The van der Waals surface area contributed by atoms with Crippen molar-refractivity contribution >= 4 is 16.8 Å². The maximum atomic E-state index is 13.3. The quantitative estimate of drug-likeness (QED) is 0.452. The molecule has 7 heteroatoms. The van der Waals surface area contributed by atoms with Crippen LogP contribution in [0.25, 0.3) is 10.9 Å². The Morgan fingerprint density at radius 1 is 1.03 bits per heavy atom. The molecular weight excluding hydrogens is 418 g/mol. The van der Waals surface area contributed by atoms with Crippen LogP contribution in [0.1, 0.15) is 45.1 Å². The molecular formula is C26H33N3O4. The van der Waals surface area contributed by atoms with Gasteiger partial charge in [0.05, 0.1) is 24.6 Å². The summed E-state index contributed by atoms with van der Waals surface area (Å²) in [7, 11) is 1.60. The summed E-state index contributed by atoms with van der Waals surface area (Å²) < 4.78 is 8.22. The van der Waals surface area contributed by atoms with E-state index >= 15 is 0 Å². The second-order valence-corrected chi connectivity index (χ2v) is 8.68. The second kappa shape index (κ2) is 11.5. The van der Waals surface area contributed by atoms with E-state index in [0.717, 1.165) is 12.0 Å².